The Kier molecular flexibility index (Phi) is 7.00. The monoisotopic (exact) mass is 458 g/mol. The summed E-state index contributed by atoms with van der Waals surface area (Å²) in [5, 5.41) is 46.6. The third-order valence-corrected chi connectivity index (χ3v) is 6.14. The van der Waals surface area contributed by atoms with Crippen molar-refractivity contribution in [1.82, 2.24) is 19.7 Å². The highest BCUT2D eigenvalue weighted by molar-refractivity contribution is 7.90. The minimum absolute atomic E-state index is 0.0748. The smallest absolute Gasteiger partial charge is 0.264 e. The Hall–Kier alpha value is -2.46. The number of aliphatic hydroxyl groups excluding tert-OH is 4. The Morgan fingerprint density at radius 2 is 2.00 bits per heavy atom. The molecule has 1 aromatic carbocycles. The minimum Gasteiger partial charge on any atom is -0.394 e. The predicted molar refractivity (Wildman–Crippen MR) is 101 cm³/mol. The van der Waals surface area contributed by atoms with Crippen LogP contribution in [0.5, 0.6) is 0 Å². The first-order valence-electron chi connectivity index (χ1n) is 9.08. The highest BCUT2D eigenvalue weighted by atomic mass is 32.2. The Morgan fingerprint density at radius 1 is 1.26 bits per heavy atom. The average Bonchev–Trinajstić information content (AvgIpc) is 3.21. The van der Waals surface area contributed by atoms with Crippen molar-refractivity contribution in [3.05, 3.63) is 35.7 Å². The van der Waals surface area contributed by atoms with Crippen molar-refractivity contribution in [2.24, 2.45) is 0 Å². The largest absolute Gasteiger partial charge is 0.394 e. The fraction of sp³-hybridized carbons (Fsp3) is 0.471. The fourth-order valence-corrected chi connectivity index (χ4v) is 4.03. The quantitative estimate of drug-likeness (QED) is 0.259. The van der Waals surface area contributed by atoms with Crippen molar-refractivity contribution < 1.29 is 43.1 Å². The number of carbonyl (C=O) groups is 1. The number of nitrogens with one attached hydrogen (secondary N) is 1. The van der Waals surface area contributed by atoms with Crippen molar-refractivity contribution in [2.45, 2.75) is 49.1 Å². The molecule has 2 heterocycles. The van der Waals surface area contributed by atoms with E-state index in [1.165, 1.54) is 16.9 Å². The average molecular weight is 458 g/mol. The molecule has 170 valence electrons. The van der Waals surface area contributed by atoms with Crippen LogP contribution in [0.25, 0.3) is 5.69 Å². The van der Waals surface area contributed by atoms with Gasteiger partial charge in [0.15, 0.2) is 6.29 Å². The van der Waals surface area contributed by atoms with Crippen molar-refractivity contribution in [1.29, 1.82) is 0 Å². The Morgan fingerprint density at radius 3 is 2.68 bits per heavy atom. The molecule has 14 heteroatoms. The molecular weight excluding hydrogens is 436 g/mol. The number of aliphatic hydroxyl groups is 4. The number of aryl methyl sites for hydroxylation is 1. The number of sulfonamides is 1. The lowest BCUT2D eigenvalue weighted by Crippen LogP contribution is -2.59. The van der Waals surface area contributed by atoms with Crippen molar-refractivity contribution in [3.63, 3.8) is 0 Å². The van der Waals surface area contributed by atoms with Gasteiger partial charge in [-0.1, -0.05) is 11.3 Å². The lowest BCUT2D eigenvalue weighted by molar-refractivity contribution is -0.304. The molecule has 1 aromatic heterocycles. The summed E-state index contributed by atoms with van der Waals surface area (Å²) < 4.78 is 38.0. The number of nitrogens with zero attached hydrogens (tertiary/aromatic N) is 3. The Labute approximate surface area is 176 Å². The maximum absolute atomic E-state index is 12.1. The van der Waals surface area contributed by atoms with Crippen LogP contribution in [0, 0.1) is 6.92 Å². The zero-order valence-electron chi connectivity index (χ0n) is 16.3. The summed E-state index contributed by atoms with van der Waals surface area (Å²) in [6.07, 6.45) is -5.54. The van der Waals surface area contributed by atoms with Gasteiger partial charge in [0.25, 0.3) is 10.0 Å². The van der Waals surface area contributed by atoms with Crippen LogP contribution in [0.15, 0.2) is 29.3 Å². The van der Waals surface area contributed by atoms with Gasteiger partial charge in [-0.25, -0.2) is 13.1 Å². The summed E-state index contributed by atoms with van der Waals surface area (Å²) in [7, 11) is -4.03. The molecule has 2 aromatic rings. The molecule has 1 aliphatic rings. The second kappa shape index (κ2) is 9.35. The molecule has 0 unspecified atom stereocenters. The molecule has 0 aliphatic carbocycles. The van der Waals surface area contributed by atoms with E-state index in [2.05, 4.69) is 10.3 Å². The first-order chi connectivity index (χ1) is 14.7. The maximum Gasteiger partial charge on any atom is 0.264 e. The number of ether oxygens (including phenoxy) is 2. The fourth-order valence-electron chi connectivity index (χ4n) is 3.01. The molecule has 0 saturated carbocycles. The first kappa shape index (κ1) is 23.2. The topological polar surface area (TPSA) is 193 Å². The second-order valence-corrected chi connectivity index (χ2v) is 8.53. The number of hydrogen-bond acceptors (Lipinski definition) is 11. The summed E-state index contributed by atoms with van der Waals surface area (Å²) in [6, 6.07) is 4.46. The number of rotatable bonds is 8. The summed E-state index contributed by atoms with van der Waals surface area (Å²) >= 11 is 0. The maximum atomic E-state index is 12.1. The van der Waals surface area contributed by atoms with E-state index in [-0.39, 0.29) is 23.6 Å². The molecule has 1 saturated heterocycles. The van der Waals surface area contributed by atoms with Crippen LogP contribution >= 0.6 is 0 Å². The van der Waals surface area contributed by atoms with Gasteiger partial charge in [-0.2, -0.15) is 0 Å². The van der Waals surface area contributed by atoms with E-state index < -0.39 is 47.3 Å². The summed E-state index contributed by atoms with van der Waals surface area (Å²) in [6.45, 7) is 0.787. The third-order valence-electron chi connectivity index (χ3n) is 4.71. The molecular formula is C17H22N4O9S. The number of hydrogen-bond donors (Lipinski definition) is 5. The van der Waals surface area contributed by atoms with E-state index in [0.29, 0.717) is 11.3 Å². The predicted octanol–water partition coefficient (Wildman–Crippen LogP) is -2.67. The Balaban J connectivity index is 1.73. The molecule has 5 atom stereocenters. The molecule has 1 aliphatic heterocycles. The molecule has 3 rings (SSSR count). The van der Waals surface area contributed by atoms with Crippen molar-refractivity contribution in [2.75, 3.05) is 6.61 Å². The molecule has 5 N–H and O–H groups in total. The standard InChI is InChI=1S/C17H22N4O9S/c1-9-2-3-11(4-13(9)31(27,28)18-8-23)21-5-10(19-20-21)7-29-17-16(26)15(25)14(24)12(6-22)30-17/h2-5,8,12,14-17,22,24-26H,6-7H2,1H3,(H,18,23)/t12-,14-,15+,16-,17-/m1/s1. The zero-order chi connectivity index (χ0) is 22.8. The van der Waals surface area contributed by atoms with Crippen LogP contribution in [0.4, 0.5) is 0 Å². The SMILES string of the molecule is Cc1ccc(-n2cc(CO[C@@H]3O[C@H](CO)[C@@H](O)[C@H](O)[C@H]3O)nn2)cc1S(=O)(=O)NC=O. The zero-order valence-corrected chi connectivity index (χ0v) is 17.1. The highest BCUT2D eigenvalue weighted by Crippen LogP contribution is 2.23. The van der Waals surface area contributed by atoms with E-state index in [0.717, 1.165) is 0 Å². The highest BCUT2D eigenvalue weighted by Gasteiger charge is 2.44. The summed E-state index contributed by atoms with van der Waals surface area (Å²) in [4.78, 5) is 10.5. The van der Waals surface area contributed by atoms with Gasteiger partial charge in [-0.15, -0.1) is 5.10 Å². The van der Waals surface area contributed by atoms with Gasteiger partial charge in [0.05, 0.1) is 30.0 Å². The molecule has 13 nitrogen and oxygen atoms in total. The van der Waals surface area contributed by atoms with Gasteiger partial charge in [0.1, 0.15) is 30.1 Å². The first-order valence-corrected chi connectivity index (χ1v) is 10.6. The van der Waals surface area contributed by atoms with Crippen LogP contribution in [0.3, 0.4) is 0 Å². The van der Waals surface area contributed by atoms with Gasteiger partial charge >= 0.3 is 0 Å². The summed E-state index contributed by atoms with van der Waals surface area (Å²) in [5.41, 5.74) is 1.06. The lowest BCUT2D eigenvalue weighted by Gasteiger charge is -2.39. The number of benzene rings is 1. The van der Waals surface area contributed by atoms with Crippen LogP contribution in [0.1, 0.15) is 11.3 Å². The van der Waals surface area contributed by atoms with E-state index in [1.807, 2.05) is 0 Å². The molecule has 1 amide bonds. The number of amides is 1. The van der Waals surface area contributed by atoms with Crippen LogP contribution in [0.2, 0.25) is 0 Å². The van der Waals surface area contributed by atoms with Crippen LogP contribution < -0.4 is 4.72 Å². The third kappa shape index (κ3) is 4.90. The number of aromatic nitrogens is 3. The minimum atomic E-state index is -4.03. The van der Waals surface area contributed by atoms with Gasteiger partial charge < -0.3 is 29.9 Å². The van der Waals surface area contributed by atoms with Crippen molar-refractivity contribution >= 4 is 16.4 Å². The van der Waals surface area contributed by atoms with Gasteiger partial charge in [0, 0.05) is 0 Å². The molecule has 0 spiro atoms. The van der Waals surface area contributed by atoms with Crippen LogP contribution in [-0.2, 0) is 30.9 Å². The van der Waals surface area contributed by atoms with E-state index in [9.17, 15) is 33.6 Å². The van der Waals surface area contributed by atoms with Crippen LogP contribution in [-0.4, -0.2) is 87.6 Å². The van der Waals surface area contributed by atoms with E-state index >= 15 is 0 Å². The van der Waals surface area contributed by atoms with E-state index in [1.54, 1.807) is 23.8 Å². The lowest BCUT2D eigenvalue weighted by atomic mass is 9.99. The van der Waals surface area contributed by atoms with Gasteiger partial charge in [-0.05, 0) is 24.6 Å². The Bertz CT molecular complexity index is 1030. The van der Waals surface area contributed by atoms with Gasteiger partial charge in [0.2, 0.25) is 6.41 Å². The summed E-state index contributed by atoms with van der Waals surface area (Å²) in [5.74, 6) is 0. The van der Waals surface area contributed by atoms with E-state index in [4.69, 9.17) is 9.47 Å². The second-order valence-electron chi connectivity index (χ2n) is 6.85. The molecule has 0 bridgehead atoms. The molecule has 0 radical (unpaired) electrons. The molecule has 31 heavy (non-hydrogen) atoms. The normalized spacial score (nSPS) is 26.5. The van der Waals surface area contributed by atoms with Gasteiger partial charge in [-0.3, -0.25) is 9.52 Å². The number of carbonyl (C=O) groups excluding carboxylic acids is 1. The van der Waals surface area contributed by atoms with Crippen molar-refractivity contribution in [3.8, 4) is 5.69 Å². The molecule has 1 fully saturated rings.